The number of fused-ring (bicyclic) bond motifs is 9. The molecule has 0 atom stereocenters. The van der Waals surface area contributed by atoms with Gasteiger partial charge in [0.2, 0.25) is 0 Å². The zero-order valence-corrected chi connectivity index (χ0v) is 35.1. The maximum Gasteiger partial charge on any atom is 0.0775 e. The molecule has 286 valence electrons. The van der Waals surface area contributed by atoms with Crippen LogP contribution >= 0.6 is 0 Å². The molecule has 60 heavy (non-hydrogen) atoms. The Balaban J connectivity index is 1.03. The minimum absolute atomic E-state index is 1.11. The van der Waals surface area contributed by atoms with Crippen molar-refractivity contribution >= 4 is 84.4 Å². The van der Waals surface area contributed by atoms with Crippen LogP contribution in [0.25, 0.3) is 82.1 Å². The lowest BCUT2D eigenvalue weighted by Crippen LogP contribution is -2.37. The summed E-state index contributed by atoms with van der Waals surface area (Å²) >= 11 is 0. The monoisotopic (exact) mass is 784 g/mol. The zero-order valence-electron chi connectivity index (χ0n) is 34.1. The lowest BCUT2D eigenvalue weighted by Gasteiger charge is -2.27. The summed E-state index contributed by atoms with van der Waals surface area (Å²) in [6.07, 6.45) is 0. The van der Waals surface area contributed by atoms with Crippen molar-refractivity contribution in [3.63, 3.8) is 0 Å². The van der Waals surface area contributed by atoms with E-state index < -0.39 is 8.07 Å². The lowest BCUT2D eigenvalue weighted by atomic mass is 9.94. The second-order valence-electron chi connectivity index (χ2n) is 17.0. The quantitative estimate of drug-likeness (QED) is 0.115. The first-order valence-electron chi connectivity index (χ1n) is 20.9. The van der Waals surface area contributed by atoms with Gasteiger partial charge in [0, 0.05) is 33.5 Å². The van der Waals surface area contributed by atoms with Gasteiger partial charge in [-0.3, -0.25) is 0 Å². The number of nitrogens with zero attached hydrogens (tertiary/aromatic N) is 2. The molecule has 11 rings (SSSR count). The van der Waals surface area contributed by atoms with Crippen molar-refractivity contribution < 1.29 is 0 Å². The van der Waals surface area contributed by atoms with Gasteiger partial charge in [-0.05, 0) is 121 Å². The normalized spacial score (nSPS) is 11.9. The molecule has 0 radical (unpaired) electrons. The van der Waals surface area contributed by atoms with Crippen LogP contribution in [-0.2, 0) is 0 Å². The second-order valence-corrected chi connectivity index (χ2v) is 22.1. The Bertz CT molecular complexity index is 3340. The fourth-order valence-corrected chi connectivity index (χ4v) is 10.4. The first-order chi connectivity index (χ1) is 29.4. The Morgan fingerprint density at radius 2 is 0.750 bits per heavy atom. The number of rotatable bonds is 7. The number of hydrogen-bond acceptors (Lipinski definition) is 1. The van der Waals surface area contributed by atoms with Gasteiger partial charge in [0.1, 0.15) is 0 Å². The average molecular weight is 785 g/mol. The van der Waals surface area contributed by atoms with E-state index in [4.69, 9.17) is 0 Å². The van der Waals surface area contributed by atoms with Crippen LogP contribution in [0.5, 0.6) is 0 Å². The molecule has 1 aromatic heterocycles. The molecule has 11 aromatic rings. The van der Waals surface area contributed by atoms with Crippen LogP contribution in [0, 0.1) is 0 Å². The SMILES string of the molecule is C[Si](C)(C)c1ccc(-c2ccc(N(c3ccc(-c4ccc5c(c4)c4ccccc4n5-c4ccccc4)cc3)c3ccc4c5ccccc5c5ccccc5c4c3)cc2)cc1. The predicted molar refractivity (Wildman–Crippen MR) is 262 cm³/mol. The predicted octanol–water partition coefficient (Wildman–Crippen LogP) is 15.6. The highest BCUT2D eigenvalue weighted by Crippen LogP contribution is 2.42. The Kier molecular flexibility index (Phi) is 8.54. The van der Waals surface area contributed by atoms with E-state index in [-0.39, 0.29) is 0 Å². The van der Waals surface area contributed by atoms with Gasteiger partial charge in [0.15, 0.2) is 0 Å². The standard InChI is InChI=1S/C57H44N2Si/c1-60(2,3)47-33-25-40(26-34-47)39-21-28-44(29-22-39)58(46-32-35-52-50-17-8-7-15-48(50)49-16-9-10-18-51(49)54(52)38-46)45-30-23-41(24-31-45)42-27-36-57-55(37-42)53-19-11-12-20-56(53)59(57)43-13-5-4-6-14-43/h4-38H,1-3H3. The highest BCUT2D eigenvalue weighted by Gasteiger charge is 2.19. The van der Waals surface area contributed by atoms with E-state index in [2.05, 4.69) is 241 Å². The maximum absolute atomic E-state index is 2.40. The van der Waals surface area contributed by atoms with Crippen LogP contribution in [0.4, 0.5) is 17.1 Å². The summed E-state index contributed by atoms with van der Waals surface area (Å²) in [5.74, 6) is 0. The third-order valence-electron chi connectivity index (χ3n) is 12.3. The minimum Gasteiger partial charge on any atom is -0.310 e. The van der Waals surface area contributed by atoms with Crippen molar-refractivity contribution in [3.05, 3.63) is 212 Å². The summed E-state index contributed by atoms with van der Waals surface area (Å²) in [6, 6.07) is 78.3. The molecule has 0 N–H and O–H groups in total. The molecular weight excluding hydrogens is 741 g/mol. The summed E-state index contributed by atoms with van der Waals surface area (Å²) < 4.78 is 2.37. The van der Waals surface area contributed by atoms with E-state index in [1.807, 2.05) is 0 Å². The molecule has 2 nitrogen and oxygen atoms in total. The van der Waals surface area contributed by atoms with Gasteiger partial charge >= 0.3 is 0 Å². The summed E-state index contributed by atoms with van der Waals surface area (Å²) in [6.45, 7) is 7.21. The van der Waals surface area contributed by atoms with Crippen molar-refractivity contribution in [2.75, 3.05) is 4.90 Å². The highest BCUT2D eigenvalue weighted by atomic mass is 28.3. The molecule has 0 saturated heterocycles. The number of anilines is 3. The van der Waals surface area contributed by atoms with Gasteiger partial charge in [-0.2, -0.15) is 0 Å². The molecule has 0 aliphatic carbocycles. The molecule has 10 aromatic carbocycles. The van der Waals surface area contributed by atoms with Crippen molar-refractivity contribution in [3.8, 4) is 27.9 Å². The zero-order chi connectivity index (χ0) is 40.4. The Morgan fingerprint density at radius 1 is 0.317 bits per heavy atom. The molecule has 0 aliphatic rings. The average Bonchev–Trinajstić information content (AvgIpc) is 3.63. The number of hydrogen-bond donors (Lipinski definition) is 0. The van der Waals surface area contributed by atoms with Crippen molar-refractivity contribution in [2.24, 2.45) is 0 Å². The molecule has 0 fully saturated rings. The summed E-state index contributed by atoms with van der Waals surface area (Å²) in [4.78, 5) is 2.40. The molecule has 0 bridgehead atoms. The van der Waals surface area contributed by atoms with Crippen molar-refractivity contribution in [2.45, 2.75) is 19.6 Å². The third-order valence-corrected chi connectivity index (χ3v) is 14.4. The minimum atomic E-state index is -1.38. The van der Waals surface area contributed by atoms with E-state index in [0.717, 1.165) is 17.1 Å². The van der Waals surface area contributed by atoms with Crippen molar-refractivity contribution in [1.82, 2.24) is 4.57 Å². The summed E-state index contributed by atoms with van der Waals surface area (Å²) in [7, 11) is -1.38. The molecule has 0 unspecified atom stereocenters. The molecule has 0 amide bonds. The Hall–Kier alpha value is -7.20. The molecule has 0 aliphatic heterocycles. The topological polar surface area (TPSA) is 8.17 Å². The fourth-order valence-electron chi connectivity index (χ4n) is 9.26. The third kappa shape index (κ3) is 6.09. The first-order valence-corrected chi connectivity index (χ1v) is 24.4. The van der Waals surface area contributed by atoms with Gasteiger partial charge in [-0.25, -0.2) is 0 Å². The van der Waals surface area contributed by atoms with Gasteiger partial charge in [0.25, 0.3) is 0 Å². The molecule has 3 heteroatoms. The first kappa shape index (κ1) is 35.9. The summed E-state index contributed by atoms with van der Waals surface area (Å²) in [5.41, 5.74) is 11.8. The van der Waals surface area contributed by atoms with Crippen LogP contribution in [0.2, 0.25) is 19.6 Å². The van der Waals surface area contributed by atoms with Gasteiger partial charge in [-0.1, -0.05) is 170 Å². The smallest absolute Gasteiger partial charge is 0.0775 e. The van der Waals surface area contributed by atoms with E-state index in [9.17, 15) is 0 Å². The largest absolute Gasteiger partial charge is 0.310 e. The molecular formula is C57H44N2Si. The van der Waals surface area contributed by atoms with E-state index >= 15 is 0 Å². The van der Waals surface area contributed by atoms with Crippen LogP contribution in [0.15, 0.2) is 212 Å². The Labute approximate surface area is 352 Å². The van der Waals surface area contributed by atoms with E-state index in [1.165, 1.54) is 87.3 Å². The van der Waals surface area contributed by atoms with Gasteiger partial charge in [-0.15, -0.1) is 0 Å². The highest BCUT2D eigenvalue weighted by molar-refractivity contribution is 6.88. The van der Waals surface area contributed by atoms with Gasteiger partial charge < -0.3 is 9.47 Å². The van der Waals surface area contributed by atoms with Crippen LogP contribution in [0.3, 0.4) is 0 Å². The molecule has 0 saturated carbocycles. The maximum atomic E-state index is 2.40. The molecule has 0 spiro atoms. The summed E-state index contributed by atoms with van der Waals surface area (Å²) in [5, 5.41) is 11.6. The van der Waals surface area contributed by atoms with E-state index in [0.29, 0.717) is 0 Å². The lowest BCUT2D eigenvalue weighted by molar-refractivity contribution is 1.18. The molecule has 1 heterocycles. The van der Waals surface area contributed by atoms with E-state index in [1.54, 1.807) is 0 Å². The second kappa shape index (κ2) is 14.3. The van der Waals surface area contributed by atoms with Crippen LogP contribution < -0.4 is 10.1 Å². The fraction of sp³-hybridized carbons (Fsp3) is 0.0526. The number of benzene rings is 10. The Morgan fingerprint density at radius 3 is 1.33 bits per heavy atom. The van der Waals surface area contributed by atoms with Gasteiger partial charge in [0.05, 0.1) is 19.1 Å². The van der Waals surface area contributed by atoms with Crippen LogP contribution in [0.1, 0.15) is 0 Å². The number of aromatic nitrogens is 1. The van der Waals surface area contributed by atoms with Crippen LogP contribution in [-0.4, -0.2) is 12.6 Å². The number of para-hydroxylation sites is 2. The van der Waals surface area contributed by atoms with Crippen molar-refractivity contribution in [1.29, 1.82) is 0 Å².